The molecule has 0 amide bonds. The van der Waals surface area contributed by atoms with E-state index in [2.05, 4.69) is 4.72 Å². The van der Waals surface area contributed by atoms with Gasteiger partial charge in [0.1, 0.15) is 18.4 Å². The number of carboxylic acids is 1. The third-order valence-corrected chi connectivity index (χ3v) is 4.90. The number of hydrogen-bond acceptors (Lipinski definition) is 6. The first kappa shape index (κ1) is 20.4. The molecule has 0 aromatic heterocycles. The lowest BCUT2D eigenvalue weighted by Gasteiger charge is -2.15. The first-order valence-electron chi connectivity index (χ1n) is 8.70. The van der Waals surface area contributed by atoms with Crippen LogP contribution in [-0.4, -0.2) is 16.0 Å². The van der Waals surface area contributed by atoms with Crippen LogP contribution in [0, 0.1) is 10.1 Å². The lowest BCUT2D eigenvalue weighted by Crippen LogP contribution is -2.24. The molecule has 3 aromatic rings. The largest absolute Gasteiger partial charge is 0.489 e. The maximum absolute atomic E-state index is 11.8. The Balaban J connectivity index is 1.80. The van der Waals surface area contributed by atoms with E-state index >= 15 is 0 Å². The second kappa shape index (κ2) is 9.72. The van der Waals surface area contributed by atoms with Crippen LogP contribution in [-0.2, 0) is 11.4 Å². The highest BCUT2D eigenvalue weighted by atomic mass is 32.2. The number of nitrogens with one attached hydrogen (secondary N) is 1. The summed E-state index contributed by atoms with van der Waals surface area (Å²) in [4.78, 5) is 23.5. The Bertz CT molecular complexity index is 983. The van der Waals surface area contributed by atoms with Crippen LogP contribution in [0.5, 0.6) is 5.75 Å². The van der Waals surface area contributed by atoms with E-state index in [0.29, 0.717) is 5.75 Å². The van der Waals surface area contributed by atoms with Crippen LogP contribution in [0.25, 0.3) is 0 Å². The van der Waals surface area contributed by atoms with Crippen LogP contribution >= 0.6 is 11.9 Å². The van der Waals surface area contributed by atoms with Gasteiger partial charge in [0.2, 0.25) is 0 Å². The van der Waals surface area contributed by atoms with Crippen LogP contribution in [0.1, 0.15) is 17.2 Å². The van der Waals surface area contributed by atoms with Crippen LogP contribution in [0.15, 0.2) is 83.8 Å². The van der Waals surface area contributed by atoms with Crippen molar-refractivity contribution in [3.05, 3.63) is 100 Å². The number of rotatable bonds is 9. The Morgan fingerprint density at radius 1 is 1.07 bits per heavy atom. The second-order valence-electron chi connectivity index (χ2n) is 6.06. The summed E-state index contributed by atoms with van der Waals surface area (Å²) in [6.07, 6.45) is 0. The summed E-state index contributed by atoms with van der Waals surface area (Å²) in [6.45, 7) is 0.252. The van der Waals surface area contributed by atoms with Gasteiger partial charge in [0.25, 0.3) is 5.69 Å². The molecule has 0 bridgehead atoms. The number of aliphatic carboxylic acids is 1. The molecule has 0 saturated carbocycles. The van der Waals surface area contributed by atoms with E-state index in [1.807, 2.05) is 60.7 Å². The monoisotopic (exact) mass is 410 g/mol. The Kier molecular flexibility index (Phi) is 6.83. The van der Waals surface area contributed by atoms with Crippen molar-refractivity contribution in [3.8, 4) is 5.75 Å². The molecule has 148 valence electrons. The molecule has 2 N–H and O–H groups in total. The number of nitro benzene ring substituents is 1. The van der Waals surface area contributed by atoms with Crippen LogP contribution in [0.3, 0.4) is 0 Å². The van der Waals surface area contributed by atoms with Crippen molar-refractivity contribution in [2.24, 2.45) is 0 Å². The Hall–Kier alpha value is -3.36. The smallest absolute Gasteiger partial charge is 0.326 e. The molecule has 0 aliphatic heterocycles. The van der Waals surface area contributed by atoms with Crippen molar-refractivity contribution < 1.29 is 19.6 Å². The summed E-state index contributed by atoms with van der Waals surface area (Å²) in [5, 5.41) is 21.2. The highest BCUT2D eigenvalue weighted by molar-refractivity contribution is 7.97. The standard InChI is InChI=1S/C21H18N2O5S/c24-21(25)20(22-29-17-9-5-2-6-10-17)18-12-11-16(13-19(18)23(26)27)28-14-15-7-3-1-4-8-15/h1-13,20,22H,14H2,(H,24,25)/t20-/m1/s1. The van der Waals surface area contributed by atoms with Crippen LogP contribution in [0.2, 0.25) is 0 Å². The number of nitrogens with zero attached hydrogens (tertiary/aromatic N) is 1. The quantitative estimate of drug-likeness (QED) is 0.302. The van der Waals surface area contributed by atoms with Gasteiger partial charge in [0, 0.05) is 4.90 Å². The predicted molar refractivity (Wildman–Crippen MR) is 110 cm³/mol. The summed E-state index contributed by atoms with van der Waals surface area (Å²) in [5.74, 6) is -0.918. The molecule has 0 aliphatic rings. The van der Waals surface area contributed by atoms with Gasteiger partial charge in [-0.3, -0.25) is 14.9 Å². The molecule has 0 spiro atoms. The number of carbonyl (C=O) groups is 1. The molecule has 3 rings (SSSR count). The van der Waals surface area contributed by atoms with Gasteiger partial charge in [-0.2, -0.15) is 0 Å². The van der Waals surface area contributed by atoms with Crippen molar-refractivity contribution >= 4 is 23.6 Å². The SMILES string of the molecule is O=C(O)[C@H](NSc1ccccc1)c1ccc(OCc2ccccc2)cc1[N+](=O)[O-]. The van der Waals surface area contributed by atoms with E-state index in [9.17, 15) is 20.0 Å². The molecule has 29 heavy (non-hydrogen) atoms. The number of benzene rings is 3. The molecular formula is C21H18N2O5S. The summed E-state index contributed by atoms with van der Waals surface area (Å²) >= 11 is 1.10. The first-order chi connectivity index (χ1) is 14.0. The Labute approximate surface area is 171 Å². The van der Waals surface area contributed by atoms with E-state index in [1.165, 1.54) is 18.2 Å². The highest BCUT2D eigenvalue weighted by Gasteiger charge is 2.28. The molecule has 7 nitrogen and oxygen atoms in total. The lowest BCUT2D eigenvalue weighted by molar-refractivity contribution is -0.385. The maximum Gasteiger partial charge on any atom is 0.326 e. The van der Waals surface area contributed by atoms with Crippen molar-refractivity contribution in [2.75, 3.05) is 0 Å². The molecule has 0 heterocycles. The third-order valence-electron chi connectivity index (χ3n) is 4.04. The predicted octanol–water partition coefficient (Wildman–Crippen LogP) is 4.60. The number of carboxylic acid groups (broad SMARTS) is 1. The number of ether oxygens (including phenoxy) is 1. The summed E-state index contributed by atoms with van der Waals surface area (Å²) in [7, 11) is 0. The van der Waals surface area contributed by atoms with E-state index in [4.69, 9.17) is 4.74 Å². The molecule has 3 aromatic carbocycles. The minimum Gasteiger partial charge on any atom is -0.489 e. The number of nitro groups is 1. The minimum absolute atomic E-state index is 0.0537. The van der Waals surface area contributed by atoms with Gasteiger partial charge in [-0.05, 0) is 41.8 Å². The fourth-order valence-electron chi connectivity index (χ4n) is 2.62. The van der Waals surface area contributed by atoms with E-state index in [1.54, 1.807) is 0 Å². The summed E-state index contributed by atoms with van der Waals surface area (Å²) in [6, 6.07) is 21.4. The van der Waals surface area contributed by atoms with Crippen molar-refractivity contribution in [1.82, 2.24) is 4.72 Å². The van der Waals surface area contributed by atoms with Crippen LogP contribution < -0.4 is 9.46 Å². The highest BCUT2D eigenvalue weighted by Crippen LogP contribution is 2.32. The van der Waals surface area contributed by atoms with Gasteiger partial charge in [0.15, 0.2) is 0 Å². The Morgan fingerprint density at radius 3 is 2.34 bits per heavy atom. The average molecular weight is 410 g/mol. The molecular weight excluding hydrogens is 392 g/mol. The average Bonchev–Trinajstić information content (AvgIpc) is 2.74. The first-order valence-corrected chi connectivity index (χ1v) is 9.51. The van der Waals surface area contributed by atoms with E-state index in [0.717, 1.165) is 22.4 Å². The van der Waals surface area contributed by atoms with Gasteiger partial charge < -0.3 is 9.84 Å². The minimum atomic E-state index is -1.26. The summed E-state index contributed by atoms with van der Waals surface area (Å²) < 4.78 is 8.43. The molecule has 8 heteroatoms. The van der Waals surface area contributed by atoms with Gasteiger partial charge in [-0.1, -0.05) is 48.5 Å². The van der Waals surface area contributed by atoms with E-state index < -0.39 is 16.9 Å². The molecule has 0 radical (unpaired) electrons. The normalized spacial score (nSPS) is 11.6. The zero-order valence-corrected chi connectivity index (χ0v) is 16.0. The molecule has 0 fully saturated rings. The summed E-state index contributed by atoms with van der Waals surface area (Å²) in [5.41, 5.74) is 0.658. The zero-order chi connectivity index (χ0) is 20.6. The molecule has 0 aliphatic carbocycles. The Morgan fingerprint density at radius 2 is 1.72 bits per heavy atom. The molecule has 1 atom stereocenters. The van der Waals surface area contributed by atoms with Gasteiger partial charge in [0.05, 0.1) is 16.6 Å². The lowest BCUT2D eigenvalue weighted by atomic mass is 10.1. The third kappa shape index (κ3) is 5.56. The van der Waals surface area contributed by atoms with E-state index in [-0.39, 0.29) is 17.9 Å². The fraction of sp³-hybridized carbons (Fsp3) is 0.0952. The van der Waals surface area contributed by atoms with Crippen molar-refractivity contribution in [1.29, 1.82) is 0 Å². The fourth-order valence-corrected chi connectivity index (χ4v) is 3.39. The van der Waals surface area contributed by atoms with Crippen molar-refractivity contribution in [3.63, 3.8) is 0 Å². The van der Waals surface area contributed by atoms with Gasteiger partial charge in [-0.25, -0.2) is 4.72 Å². The van der Waals surface area contributed by atoms with Crippen molar-refractivity contribution in [2.45, 2.75) is 17.5 Å². The second-order valence-corrected chi connectivity index (χ2v) is 6.97. The zero-order valence-electron chi connectivity index (χ0n) is 15.2. The molecule has 0 unspecified atom stereocenters. The topological polar surface area (TPSA) is 102 Å². The van der Waals surface area contributed by atoms with Gasteiger partial charge >= 0.3 is 5.97 Å². The van der Waals surface area contributed by atoms with Crippen LogP contribution in [0.4, 0.5) is 5.69 Å². The molecule has 0 saturated heterocycles. The van der Waals surface area contributed by atoms with Gasteiger partial charge in [-0.15, -0.1) is 0 Å². The number of hydrogen-bond donors (Lipinski definition) is 2. The maximum atomic E-state index is 11.8.